The number of carbonyl (C=O) groups is 2. The molecule has 168 valence electrons. The molecular weight excluding hydrogens is 440 g/mol. The lowest BCUT2D eigenvalue weighted by atomic mass is 9.93. The highest BCUT2D eigenvalue weighted by atomic mass is 19.1. The van der Waals surface area contributed by atoms with Crippen molar-refractivity contribution in [2.24, 2.45) is 0 Å². The number of aliphatic hydroxyl groups is 1. The van der Waals surface area contributed by atoms with Crippen molar-refractivity contribution in [3.63, 3.8) is 0 Å². The third-order valence-corrected chi connectivity index (χ3v) is 5.87. The number of anilines is 1. The van der Waals surface area contributed by atoms with Crippen LogP contribution in [-0.4, -0.2) is 21.9 Å². The van der Waals surface area contributed by atoms with Crippen molar-refractivity contribution < 1.29 is 28.6 Å². The van der Waals surface area contributed by atoms with Crippen molar-refractivity contribution >= 4 is 33.9 Å². The van der Waals surface area contributed by atoms with Crippen LogP contribution < -0.4 is 4.90 Å². The fourth-order valence-electron chi connectivity index (χ4n) is 4.31. The number of rotatable bonds is 3. The van der Waals surface area contributed by atoms with Gasteiger partial charge < -0.3 is 10.2 Å². The number of aromatic hydroxyl groups is 1. The molecule has 1 saturated heterocycles. The van der Waals surface area contributed by atoms with Gasteiger partial charge in [0.2, 0.25) is 0 Å². The summed E-state index contributed by atoms with van der Waals surface area (Å²) in [6, 6.07) is 19.5. The minimum atomic E-state index is -1.21. The first-order valence-corrected chi connectivity index (χ1v) is 10.4. The first kappa shape index (κ1) is 21.3. The standard InChI is InChI=1S/C27H17F2NO4/c28-17-10-13-22(21(29)14-17)30-24(16-8-11-18(31)12-9-16)23(26(33)27(30)34)25(32)20-7-3-5-15-4-1-2-6-19(15)20/h1-14,24,31-32H/b25-23-. The molecule has 0 bridgehead atoms. The highest BCUT2D eigenvalue weighted by molar-refractivity contribution is 6.51. The van der Waals surface area contributed by atoms with Crippen LogP contribution in [-0.2, 0) is 9.59 Å². The Bertz CT molecular complexity index is 1490. The topological polar surface area (TPSA) is 77.8 Å². The summed E-state index contributed by atoms with van der Waals surface area (Å²) in [7, 11) is 0. The Morgan fingerprint density at radius 1 is 0.853 bits per heavy atom. The van der Waals surface area contributed by atoms with E-state index in [4.69, 9.17) is 0 Å². The molecule has 0 aliphatic carbocycles. The minimum absolute atomic E-state index is 0.0530. The Morgan fingerprint density at radius 2 is 1.56 bits per heavy atom. The quantitative estimate of drug-likeness (QED) is 0.244. The van der Waals surface area contributed by atoms with E-state index in [1.165, 1.54) is 24.3 Å². The molecule has 2 N–H and O–H groups in total. The van der Waals surface area contributed by atoms with E-state index in [-0.39, 0.29) is 17.0 Å². The number of hydrogen-bond acceptors (Lipinski definition) is 4. The summed E-state index contributed by atoms with van der Waals surface area (Å²) in [6.45, 7) is 0. The molecule has 1 aliphatic rings. The number of phenolic OH excluding ortho intramolecular Hbond substituents is 1. The Kier molecular flexibility index (Phi) is 5.09. The monoisotopic (exact) mass is 457 g/mol. The van der Waals surface area contributed by atoms with Crippen molar-refractivity contribution in [3.8, 4) is 5.75 Å². The van der Waals surface area contributed by atoms with Crippen molar-refractivity contribution in [1.29, 1.82) is 0 Å². The zero-order chi connectivity index (χ0) is 24.0. The third-order valence-electron chi connectivity index (χ3n) is 5.87. The zero-order valence-corrected chi connectivity index (χ0v) is 17.6. The molecule has 1 atom stereocenters. The molecule has 1 aliphatic heterocycles. The second-order valence-electron chi connectivity index (χ2n) is 7.88. The molecule has 34 heavy (non-hydrogen) atoms. The third kappa shape index (κ3) is 3.38. The number of fused-ring (bicyclic) bond motifs is 1. The van der Waals surface area contributed by atoms with Gasteiger partial charge in [-0.15, -0.1) is 0 Å². The summed E-state index contributed by atoms with van der Waals surface area (Å²) in [5.41, 5.74) is 0.135. The van der Waals surface area contributed by atoms with Crippen LogP contribution in [0.5, 0.6) is 5.75 Å². The summed E-state index contributed by atoms with van der Waals surface area (Å²) in [5, 5.41) is 22.5. The Hall–Kier alpha value is -4.52. The summed E-state index contributed by atoms with van der Waals surface area (Å²) in [4.78, 5) is 27.2. The van der Waals surface area contributed by atoms with Crippen molar-refractivity contribution in [1.82, 2.24) is 0 Å². The fraction of sp³-hybridized carbons (Fsp3) is 0.0370. The van der Waals surface area contributed by atoms with Crippen molar-refractivity contribution in [2.75, 3.05) is 4.90 Å². The number of amides is 1. The molecule has 1 heterocycles. The van der Waals surface area contributed by atoms with Crippen LogP contribution in [0.1, 0.15) is 17.2 Å². The van der Waals surface area contributed by atoms with E-state index >= 15 is 0 Å². The number of carbonyl (C=O) groups excluding carboxylic acids is 2. The van der Waals surface area contributed by atoms with Crippen molar-refractivity contribution in [3.05, 3.63) is 113 Å². The predicted octanol–water partition coefficient (Wildman–Crippen LogP) is 5.45. The maximum Gasteiger partial charge on any atom is 0.300 e. The summed E-state index contributed by atoms with van der Waals surface area (Å²) in [6.07, 6.45) is 0. The predicted molar refractivity (Wildman–Crippen MR) is 123 cm³/mol. The van der Waals surface area contributed by atoms with Crippen LogP contribution in [0.15, 0.2) is 90.5 Å². The zero-order valence-electron chi connectivity index (χ0n) is 17.6. The molecular formula is C27H17F2NO4. The fourth-order valence-corrected chi connectivity index (χ4v) is 4.31. The van der Waals surface area contributed by atoms with Gasteiger partial charge in [-0.2, -0.15) is 0 Å². The molecule has 4 aromatic carbocycles. The Balaban J connectivity index is 1.79. The molecule has 0 spiro atoms. The smallest absolute Gasteiger partial charge is 0.300 e. The average Bonchev–Trinajstić information content (AvgIpc) is 3.09. The molecule has 4 aromatic rings. The molecule has 5 rings (SSSR count). The van der Waals surface area contributed by atoms with Gasteiger partial charge >= 0.3 is 0 Å². The van der Waals surface area contributed by atoms with Crippen LogP contribution in [0.2, 0.25) is 0 Å². The number of benzene rings is 4. The molecule has 1 amide bonds. The normalized spacial score (nSPS) is 17.5. The van der Waals surface area contributed by atoms with Gasteiger partial charge in [-0.25, -0.2) is 8.78 Å². The van der Waals surface area contributed by atoms with Crippen LogP contribution in [0, 0.1) is 11.6 Å². The molecule has 0 aromatic heterocycles. The van der Waals surface area contributed by atoms with Crippen LogP contribution >= 0.6 is 0 Å². The number of ketones is 1. The van der Waals surface area contributed by atoms with E-state index in [0.717, 1.165) is 22.4 Å². The molecule has 0 radical (unpaired) electrons. The van der Waals surface area contributed by atoms with Crippen LogP contribution in [0.4, 0.5) is 14.5 Å². The van der Waals surface area contributed by atoms with Gasteiger partial charge in [0.25, 0.3) is 11.7 Å². The van der Waals surface area contributed by atoms with Gasteiger partial charge in [0.05, 0.1) is 17.3 Å². The lowest BCUT2D eigenvalue weighted by molar-refractivity contribution is -0.132. The number of aliphatic hydroxyl groups excluding tert-OH is 1. The summed E-state index contributed by atoms with van der Waals surface area (Å²) in [5.74, 6) is -4.41. The van der Waals surface area contributed by atoms with E-state index in [1.807, 2.05) is 18.2 Å². The van der Waals surface area contributed by atoms with Crippen LogP contribution in [0.3, 0.4) is 0 Å². The largest absolute Gasteiger partial charge is 0.508 e. The molecule has 1 unspecified atom stereocenters. The number of phenols is 1. The van der Waals surface area contributed by atoms with Crippen LogP contribution in [0.25, 0.3) is 16.5 Å². The van der Waals surface area contributed by atoms with Gasteiger partial charge in [0, 0.05) is 11.6 Å². The van der Waals surface area contributed by atoms with Gasteiger partial charge in [0.15, 0.2) is 0 Å². The summed E-state index contributed by atoms with van der Waals surface area (Å²) >= 11 is 0. The maximum absolute atomic E-state index is 14.8. The van der Waals surface area contributed by atoms with Gasteiger partial charge in [-0.05, 0) is 40.6 Å². The van der Waals surface area contributed by atoms with E-state index in [1.54, 1.807) is 24.3 Å². The SMILES string of the molecule is O=C1C(=O)N(c2ccc(F)cc2F)C(c2ccc(O)cc2)/C1=C(/O)c1cccc2ccccc12. The number of nitrogens with zero attached hydrogens (tertiary/aromatic N) is 1. The van der Waals surface area contributed by atoms with E-state index in [9.17, 15) is 28.6 Å². The lowest BCUT2D eigenvalue weighted by Gasteiger charge is -2.26. The molecule has 0 saturated carbocycles. The number of Topliss-reactive ketones (excluding diaryl/α,β-unsaturated/α-hetero) is 1. The number of hydrogen-bond donors (Lipinski definition) is 2. The lowest BCUT2D eigenvalue weighted by Crippen LogP contribution is -2.30. The molecule has 1 fully saturated rings. The Labute approximate surface area is 192 Å². The second kappa shape index (κ2) is 8.12. The highest BCUT2D eigenvalue weighted by Gasteiger charge is 2.47. The second-order valence-corrected chi connectivity index (χ2v) is 7.88. The van der Waals surface area contributed by atoms with E-state index in [0.29, 0.717) is 22.6 Å². The van der Waals surface area contributed by atoms with E-state index < -0.39 is 35.1 Å². The van der Waals surface area contributed by atoms with E-state index in [2.05, 4.69) is 0 Å². The number of halogens is 2. The Morgan fingerprint density at radius 3 is 2.29 bits per heavy atom. The highest BCUT2D eigenvalue weighted by Crippen LogP contribution is 2.43. The molecule has 5 nitrogen and oxygen atoms in total. The van der Waals surface area contributed by atoms with Crippen molar-refractivity contribution in [2.45, 2.75) is 6.04 Å². The minimum Gasteiger partial charge on any atom is -0.508 e. The molecule has 7 heteroatoms. The van der Waals surface area contributed by atoms with Gasteiger partial charge in [0.1, 0.15) is 23.1 Å². The maximum atomic E-state index is 14.8. The first-order valence-electron chi connectivity index (χ1n) is 10.4. The average molecular weight is 457 g/mol. The first-order chi connectivity index (χ1) is 16.4. The van der Waals surface area contributed by atoms with Gasteiger partial charge in [-0.3, -0.25) is 14.5 Å². The van der Waals surface area contributed by atoms with Gasteiger partial charge in [-0.1, -0.05) is 54.6 Å². The summed E-state index contributed by atoms with van der Waals surface area (Å²) < 4.78 is 28.3.